The van der Waals surface area contributed by atoms with E-state index in [9.17, 15) is 0 Å². The number of hydrogen-bond donors (Lipinski definition) is 1. The highest BCUT2D eigenvalue weighted by molar-refractivity contribution is 9.10. The zero-order chi connectivity index (χ0) is 15.6. The Hall–Kier alpha value is -2.73. The molecule has 5 nitrogen and oxygen atoms in total. The van der Waals surface area contributed by atoms with Gasteiger partial charge in [0.15, 0.2) is 11.4 Å². The number of aromatic nitrogens is 2. The quantitative estimate of drug-likeness (QED) is 0.425. The Morgan fingerprint density at radius 1 is 1.04 bits per heavy atom. The molecule has 0 fully saturated rings. The Bertz CT molecular complexity index is 1030. The molecule has 2 heterocycles. The van der Waals surface area contributed by atoms with Gasteiger partial charge in [-0.05, 0) is 18.2 Å². The molecule has 112 valence electrons. The van der Waals surface area contributed by atoms with E-state index in [1.165, 1.54) is 6.33 Å². The minimum absolute atomic E-state index is 0.537. The first-order chi connectivity index (χ1) is 11.3. The molecular weight excluding hydrogens is 356 g/mol. The van der Waals surface area contributed by atoms with Gasteiger partial charge in [-0.3, -0.25) is 5.43 Å². The molecule has 0 spiro atoms. The van der Waals surface area contributed by atoms with Gasteiger partial charge in [0, 0.05) is 15.4 Å². The van der Waals surface area contributed by atoms with Crippen LogP contribution in [0.5, 0.6) is 0 Å². The van der Waals surface area contributed by atoms with Crippen molar-refractivity contribution in [3.63, 3.8) is 0 Å². The fourth-order valence-corrected chi connectivity index (χ4v) is 2.73. The number of hydrogen-bond acceptors (Lipinski definition) is 5. The van der Waals surface area contributed by atoms with E-state index in [-0.39, 0.29) is 0 Å². The van der Waals surface area contributed by atoms with Crippen LogP contribution in [0.2, 0.25) is 0 Å². The fourth-order valence-electron chi connectivity index (χ4n) is 2.35. The Morgan fingerprint density at radius 2 is 1.87 bits per heavy atom. The zero-order valence-electron chi connectivity index (χ0n) is 11.9. The standard InChI is InChI=1S/C17H11BrN4O/c18-13-7-3-1-5-11(13)9-21-22-17-16-15(19-10-20-17)12-6-2-4-8-14(12)23-16/h1-10H,(H,19,20,22)/b21-9-. The van der Waals surface area contributed by atoms with Crippen molar-refractivity contribution in [1.82, 2.24) is 9.97 Å². The van der Waals surface area contributed by atoms with Gasteiger partial charge in [-0.1, -0.05) is 46.3 Å². The second-order valence-corrected chi connectivity index (χ2v) is 5.74. The third-order valence-corrected chi connectivity index (χ3v) is 4.16. The molecule has 0 saturated heterocycles. The van der Waals surface area contributed by atoms with Crippen LogP contribution >= 0.6 is 15.9 Å². The first kappa shape index (κ1) is 13.9. The molecule has 0 atom stereocenters. The Morgan fingerprint density at radius 3 is 2.78 bits per heavy atom. The molecule has 2 aromatic heterocycles. The molecule has 0 saturated carbocycles. The second kappa shape index (κ2) is 5.81. The highest BCUT2D eigenvalue weighted by Crippen LogP contribution is 2.30. The highest BCUT2D eigenvalue weighted by atomic mass is 79.9. The third-order valence-electron chi connectivity index (χ3n) is 3.44. The lowest BCUT2D eigenvalue weighted by Gasteiger charge is -2.00. The van der Waals surface area contributed by atoms with Gasteiger partial charge in [-0.2, -0.15) is 5.10 Å². The number of anilines is 1. The lowest BCUT2D eigenvalue weighted by atomic mass is 10.2. The molecule has 23 heavy (non-hydrogen) atoms. The van der Waals surface area contributed by atoms with E-state index in [1.807, 2.05) is 48.5 Å². The summed E-state index contributed by atoms with van der Waals surface area (Å²) in [6.07, 6.45) is 3.22. The zero-order valence-corrected chi connectivity index (χ0v) is 13.5. The van der Waals surface area contributed by atoms with Crippen LogP contribution in [0.25, 0.3) is 22.1 Å². The number of benzene rings is 2. The van der Waals surface area contributed by atoms with Crippen molar-refractivity contribution < 1.29 is 4.42 Å². The molecule has 6 heteroatoms. The SMILES string of the molecule is Brc1ccccc1/C=N\Nc1ncnc2c1oc1ccccc12. The first-order valence-corrected chi connectivity index (χ1v) is 7.78. The Balaban J connectivity index is 1.71. The van der Waals surface area contributed by atoms with Crippen LogP contribution in [-0.4, -0.2) is 16.2 Å². The van der Waals surface area contributed by atoms with Crippen LogP contribution in [0, 0.1) is 0 Å². The predicted octanol–water partition coefficient (Wildman–Crippen LogP) is 4.58. The molecule has 0 bridgehead atoms. The average Bonchev–Trinajstić information content (AvgIpc) is 2.96. The molecule has 0 amide bonds. The number of halogens is 1. The van der Waals surface area contributed by atoms with Gasteiger partial charge in [0.1, 0.15) is 17.4 Å². The summed E-state index contributed by atoms with van der Waals surface area (Å²) in [6.45, 7) is 0. The van der Waals surface area contributed by atoms with Crippen molar-refractivity contribution in [2.75, 3.05) is 5.43 Å². The molecule has 4 aromatic rings. The Labute approximate surface area is 140 Å². The van der Waals surface area contributed by atoms with Crippen molar-refractivity contribution in [3.8, 4) is 0 Å². The normalized spacial score (nSPS) is 11.5. The van der Waals surface area contributed by atoms with Crippen LogP contribution in [0.1, 0.15) is 5.56 Å². The van der Waals surface area contributed by atoms with E-state index < -0.39 is 0 Å². The van der Waals surface area contributed by atoms with Crippen LogP contribution < -0.4 is 5.43 Å². The summed E-state index contributed by atoms with van der Waals surface area (Å²) in [5.74, 6) is 0.537. The number of para-hydroxylation sites is 1. The van der Waals surface area contributed by atoms with Crippen LogP contribution in [-0.2, 0) is 0 Å². The maximum Gasteiger partial charge on any atom is 0.197 e. The molecule has 0 aliphatic rings. The van der Waals surface area contributed by atoms with Crippen LogP contribution in [0.4, 0.5) is 5.82 Å². The van der Waals surface area contributed by atoms with Gasteiger partial charge in [0.25, 0.3) is 0 Å². The monoisotopic (exact) mass is 366 g/mol. The summed E-state index contributed by atoms with van der Waals surface area (Å²) >= 11 is 3.48. The number of nitrogens with one attached hydrogen (secondary N) is 1. The van der Waals surface area contributed by atoms with E-state index >= 15 is 0 Å². The van der Waals surface area contributed by atoms with Gasteiger partial charge in [0.2, 0.25) is 0 Å². The molecule has 0 aliphatic carbocycles. The fraction of sp³-hybridized carbons (Fsp3) is 0. The Kier molecular flexibility index (Phi) is 3.51. The van der Waals surface area contributed by atoms with Crippen molar-refractivity contribution in [1.29, 1.82) is 0 Å². The highest BCUT2D eigenvalue weighted by Gasteiger charge is 2.12. The molecule has 4 rings (SSSR count). The second-order valence-electron chi connectivity index (χ2n) is 4.89. The summed E-state index contributed by atoms with van der Waals surface area (Å²) in [7, 11) is 0. The molecular formula is C17H11BrN4O. The van der Waals surface area contributed by atoms with E-state index in [1.54, 1.807) is 6.21 Å². The minimum Gasteiger partial charge on any atom is -0.450 e. The number of hydrazone groups is 1. The van der Waals surface area contributed by atoms with Crippen LogP contribution in [0.15, 0.2) is 68.8 Å². The van der Waals surface area contributed by atoms with Crippen molar-refractivity contribution in [3.05, 3.63) is 64.9 Å². The van der Waals surface area contributed by atoms with Gasteiger partial charge in [-0.15, -0.1) is 0 Å². The topological polar surface area (TPSA) is 63.3 Å². The van der Waals surface area contributed by atoms with Gasteiger partial charge in [-0.25, -0.2) is 9.97 Å². The smallest absolute Gasteiger partial charge is 0.197 e. The molecule has 0 aliphatic heterocycles. The predicted molar refractivity (Wildman–Crippen MR) is 94.7 cm³/mol. The van der Waals surface area contributed by atoms with E-state index in [2.05, 4.69) is 36.4 Å². The van der Waals surface area contributed by atoms with Crippen molar-refractivity contribution in [2.24, 2.45) is 5.10 Å². The summed E-state index contributed by atoms with van der Waals surface area (Å²) in [4.78, 5) is 8.52. The number of nitrogens with zero attached hydrogens (tertiary/aromatic N) is 3. The number of rotatable bonds is 3. The molecule has 1 N–H and O–H groups in total. The van der Waals surface area contributed by atoms with Crippen molar-refractivity contribution in [2.45, 2.75) is 0 Å². The average molecular weight is 367 g/mol. The van der Waals surface area contributed by atoms with Crippen molar-refractivity contribution >= 4 is 50.0 Å². The number of furan rings is 1. The van der Waals surface area contributed by atoms with Crippen LogP contribution in [0.3, 0.4) is 0 Å². The van der Waals surface area contributed by atoms with Gasteiger partial charge < -0.3 is 4.42 Å². The first-order valence-electron chi connectivity index (χ1n) is 6.99. The maximum absolute atomic E-state index is 5.84. The lowest BCUT2D eigenvalue weighted by Crippen LogP contribution is -1.95. The maximum atomic E-state index is 5.84. The summed E-state index contributed by atoms with van der Waals surface area (Å²) in [5.41, 5.74) is 6.04. The minimum atomic E-state index is 0.537. The van der Waals surface area contributed by atoms with Gasteiger partial charge >= 0.3 is 0 Å². The van der Waals surface area contributed by atoms with E-state index in [4.69, 9.17) is 4.42 Å². The third kappa shape index (κ3) is 2.57. The van der Waals surface area contributed by atoms with E-state index in [0.717, 1.165) is 26.5 Å². The molecule has 0 unspecified atom stereocenters. The summed E-state index contributed by atoms with van der Waals surface area (Å²) < 4.78 is 6.81. The van der Waals surface area contributed by atoms with E-state index in [0.29, 0.717) is 11.4 Å². The molecule has 0 radical (unpaired) electrons. The summed E-state index contributed by atoms with van der Waals surface area (Å²) in [5, 5.41) is 5.20. The lowest BCUT2D eigenvalue weighted by molar-refractivity contribution is 0.667. The summed E-state index contributed by atoms with van der Waals surface area (Å²) in [6, 6.07) is 15.6. The largest absolute Gasteiger partial charge is 0.450 e. The number of fused-ring (bicyclic) bond motifs is 3. The molecule has 2 aromatic carbocycles. The van der Waals surface area contributed by atoms with Gasteiger partial charge in [0.05, 0.1) is 6.21 Å².